The second-order valence-electron chi connectivity index (χ2n) is 15.2. The molecule has 0 unspecified atom stereocenters. The van der Waals surface area contributed by atoms with E-state index in [1.807, 2.05) is 31.5 Å². The van der Waals surface area contributed by atoms with Gasteiger partial charge in [0.15, 0.2) is 6.29 Å². The van der Waals surface area contributed by atoms with Crippen molar-refractivity contribution in [3.05, 3.63) is 41.7 Å². The van der Waals surface area contributed by atoms with E-state index in [1.165, 1.54) is 0 Å². The number of fused-ring (bicyclic) bond motifs is 5. The highest BCUT2D eigenvalue weighted by Crippen LogP contribution is 2.70. The van der Waals surface area contributed by atoms with E-state index in [0.29, 0.717) is 51.7 Å². The number of hydrogen-bond acceptors (Lipinski definition) is 10. The Morgan fingerprint density at radius 2 is 1.96 bits per heavy atom. The van der Waals surface area contributed by atoms with E-state index in [0.717, 1.165) is 36.8 Å². The molecule has 2 aliphatic heterocycles. The molecule has 1 aromatic rings. The molecule has 0 amide bonds. The standard InChI is InChI=1S/C36H50N2O8/c1-22-32(40)29(43-3)16-31(45-22)46-25-6-11-34(21-38-19-23-5-4-14-37-18-23)27-7-10-33(2)26(24-15-30(39)44-20-24)9-13-36(33,42)28(27)8-12-35(34,41)17-25/h4-5,14-15,18,21-22,25-29,31-32,40-42H,6-13,16-17,19-20H2,1-3H3/t22-,25+,26-,27-,28+,29+,31-,32-,33+,34-,35-,36-/m0/s1. The molecular weight excluding hydrogens is 588 g/mol. The molecule has 3 N–H and O–H groups in total. The molecule has 10 heteroatoms. The summed E-state index contributed by atoms with van der Waals surface area (Å²) in [5, 5.41) is 36.0. The molecule has 5 fully saturated rings. The van der Waals surface area contributed by atoms with Crippen molar-refractivity contribution in [3.8, 4) is 0 Å². The highest BCUT2D eigenvalue weighted by molar-refractivity contribution is 5.85. The van der Waals surface area contributed by atoms with Crippen LogP contribution < -0.4 is 0 Å². The van der Waals surface area contributed by atoms with E-state index >= 15 is 0 Å². The van der Waals surface area contributed by atoms with Gasteiger partial charge in [-0.3, -0.25) is 9.98 Å². The summed E-state index contributed by atoms with van der Waals surface area (Å²) in [6.45, 7) is 4.84. The third-order valence-corrected chi connectivity index (χ3v) is 13.2. The fourth-order valence-electron chi connectivity index (χ4n) is 10.8. The van der Waals surface area contributed by atoms with Crippen LogP contribution in [-0.4, -0.2) is 88.1 Å². The molecule has 10 nitrogen and oxygen atoms in total. The molecule has 0 spiro atoms. The first-order valence-corrected chi connectivity index (χ1v) is 17.3. The Bertz CT molecular complexity index is 1360. The van der Waals surface area contributed by atoms with Crippen molar-refractivity contribution in [3.63, 3.8) is 0 Å². The van der Waals surface area contributed by atoms with Crippen LogP contribution in [0, 0.1) is 28.6 Å². The van der Waals surface area contributed by atoms with Crippen LogP contribution in [0.5, 0.6) is 0 Å². The summed E-state index contributed by atoms with van der Waals surface area (Å²) < 4.78 is 23.4. The second-order valence-corrected chi connectivity index (χ2v) is 15.2. The maximum absolute atomic E-state index is 12.8. The van der Waals surface area contributed by atoms with Crippen molar-refractivity contribution in [2.24, 2.45) is 33.6 Å². The van der Waals surface area contributed by atoms with Gasteiger partial charge in [-0.05, 0) is 93.2 Å². The molecule has 7 rings (SSSR count). The lowest BCUT2D eigenvalue weighted by molar-refractivity contribution is -0.284. The number of nitrogens with zero attached hydrogens (tertiary/aromatic N) is 2. The molecule has 0 bridgehead atoms. The average Bonchev–Trinajstić information content (AvgIpc) is 3.58. The minimum Gasteiger partial charge on any atom is -0.458 e. The van der Waals surface area contributed by atoms with Gasteiger partial charge in [-0.1, -0.05) is 13.0 Å². The molecule has 46 heavy (non-hydrogen) atoms. The molecule has 0 aromatic carbocycles. The van der Waals surface area contributed by atoms with Crippen LogP contribution in [0.15, 0.2) is 41.2 Å². The number of hydrogen-bond donors (Lipinski definition) is 3. The lowest BCUT2D eigenvalue weighted by Gasteiger charge is -2.66. The molecule has 0 radical (unpaired) electrons. The van der Waals surface area contributed by atoms with E-state index in [4.69, 9.17) is 23.9 Å². The van der Waals surface area contributed by atoms with Crippen LogP contribution in [0.3, 0.4) is 0 Å². The number of aliphatic imine (C=N–C) groups is 1. The minimum atomic E-state index is -1.06. The number of cyclic esters (lactones) is 1. The van der Waals surface area contributed by atoms with E-state index in [9.17, 15) is 20.1 Å². The first kappa shape index (κ1) is 32.3. The van der Waals surface area contributed by atoms with Crippen LogP contribution in [0.2, 0.25) is 0 Å². The lowest BCUT2D eigenvalue weighted by Crippen LogP contribution is -2.69. The Hall–Kier alpha value is -2.21. The Morgan fingerprint density at radius 1 is 1.13 bits per heavy atom. The Labute approximate surface area is 271 Å². The zero-order valence-corrected chi connectivity index (χ0v) is 27.3. The lowest BCUT2D eigenvalue weighted by atomic mass is 9.41. The fourth-order valence-corrected chi connectivity index (χ4v) is 10.8. The largest absolute Gasteiger partial charge is 0.458 e. The zero-order chi connectivity index (χ0) is 32.3. The van der Waals surface area contributed by atoms with Gasteiger partial charge in [0, 0.05) is 55.5 Å². The van der Waals surface area contributed by atoms with Gasteiger partial charge < -0.3 is 34.3 Å². The maximum atomic E-state index is 12.8. The number of ether oxygens (including phenoxy) is 4. The first-order valence-electron chi connectivity index (χ1n) is 17.3. The maximum Gasteiger partial charge on any atom is 0.331 e. The summed E-state index contributed by atoms with van der Waals surface area (Å²) in [7, 11) is 1.59. The SMILES string of the molecule is CO[C@@H]1C[C@H](O[C@@H]2CC[C@]3(C=NCc4cccnc4)[C@H]4CC[C@]5(C)[C@H](C6=CC(=O)OC6)CC[C@]5(O)[C@@H]4CC[C@]3(O)C2)O[C@@H](C)[C@@H]1O. The van der Waals surface area contributed by atoms with E-state index in [1.54, 1.807) is 19.4 Å². The summed E-state index contributed by atoms with van der Waals surface area (Å²) in [4.78, 5) is 21.2. The molecule has 4 saturated carbocycles. The van der Waals surface area contributed by atoms with Crippen LogP contribution >= 0.6 is 0 Å². The highest BCUT2D eigenvalue weighted by Gasteiger charge is 2.71. The molecule has 1 saturated heterocycles. The van der Waals surface area contributed by atoms with Gasteiger partial charge in [0.1, 0.15) is 12.7 Å². The van der Waals surface area contributed by atoms with Crippen molar-refractivity contribution < 1.29 is 39.1 Å². The predicted molar refractivity (Wildman–Crippen MR) is 169 cm³/mol. The summed E-state index contributed by atoms with van der Waals surface area (Å²) in [6, 6.07) is 3.92. The second kappa shape index (κ2) is 12.0. The van der Waals surface area contributed by atoms with Crippen molar-refractivity contribution in [1.29, 1.82) is 0 Å². The third-order valence-electron chi connectivity index (χ3n) is 13.2. The minimum absolute atomic E-state index is 0.00364. The third kappa shape index (κ3) is 5.10. The van der Waals surface area contributed by atoms with E-state index in [2.05, 4.69) is 11.9 Å². The van der Waals surface area contributed by atoms with Gasteiger partial charge in [-0.25, -0.2) is 4.79 Å². The molecule has 1 aromatic heterocycles. The summed E-state index contributed by atoms with van der Waals surface area (Å²) in [5.74, 6) is -0.118. The number of carbonyl (C=O) groups excluding carboxylic acids is 1. The quantitative estimate of drug-likeness (QED) is 0.231. The number of aromatic nitrogens is 1. The molecule has 4 aliphatic carbocycles. The Balaban J connectivity index is 1.17. The zero-order valence-electron chi connectivity index (χ0n) is 27.3. The topological polar surface area (TPSA) is 140 Å². The summed E-state index contributed by atoms with van der Waals surface area (Å²) in [5.41, 5.74) is -0.931. The fraction of sp³-hybridized carbons (Fsp3) is 0.750. The van der Waals surface area contributed by atoms with Crippen molar-refractivity contribution in [2.45, 2.75) is 127 Å². The van der Waals surface area contributed by atoms with Crippen LogP contribution in [0.4, 0.5) is 0 Å². The van der Waals surface area contributed by atoms with Gasteiger partial charge in [0.2, 0.25) is 0 Å². The van der Waals surface area contributed by atoms with Gasteiger partial charge >= 0.3 is 5.97 Å². The van der Waals surface area contributed by atoms with Gasteiger partial charge in [0.25, 0.3) is 0 Å². The van der Waals surface area contributed by atoms with Crippen molar-refractivity contribution in [1.82, 2.24) is 4.98 Å². The van der Waals surface area contributed by atoms with Crippen molar-refractivity contribution >= 4 is 12.2 Å². The number of methoxy groups -OCH3 is 1. The van der Waals surface area contributed by atoms with Gasteiger partial charge in [-0.15, -0.1) is 0 Å². The van der Waals surface area contributed by atoms with Gasteiger partial charge in [-0.2, -0.15) is 0 Å². The van der Waals surface area contributed by atoms with Crippen LogP contribution in [0.25, 0.3) is 0 Å². The first-order chi connectivity index (χ1) is 22.0. The molecule has 3 heterocycles. The smallest absolute Gasteiger partial charge is 0.331 e. The molecule has 12 atom stereocenters. The molecule has 252 valence electrons. The number of carbonyl (C=O) groups is 1. The Kier molecular flexibility index (Phi) is 8.46. The van der Waals surface area contributed by atoms with Gasteiger partial charge in [0.05, 0.1) is 36.1 Å². The normalized spacial score (nSPS) is 47.2. The molecular formula is C36H50N2O8. The predicted octanol–water partition coefficient (Wildman–Crippen LogP) is 3.90. The van der Waals surface area contributed by atoms with Crippen LogP contribution in [0.1, 0.15) is 83.6 Å². The van der Waals surface area contributed by atoms with Crippen molar-refractivity contribution in [2.75, 3.05) is 13.7 Å². The number of esters is 1. The average molecular weight is 639 g/mol. The Morgan fingerprint density at radius 3 is 2.70 bits per heavy atom. The molecule has 6 aliphatic rings. The summed E-state index contributed by atoms with van der Waals surface area (Å²) in [6.07, 6.45) is 11.8. The van der Waals surface area contributed by atoms with E-state index < -0.39 is 35.1 Å². The van der Waals surface area contributed by atoms with E-state index in [-0.39, 0.29) is 41.3 Å². The highest BCUT2D eigenvalue weighted by atomic mass is 16.7. The number of aliphatic hydroxyl groups is 3. The number of aliphatic hydroxyl groups excluding tert-OH is 1. The van der Waals surface area contributed by atoms with Crippen LogP contribution in [-0.2, 0) is 30.3 Å². The number of rotatable bonds is 7. The number of pyridine rings is 1. The monoisotopic (exact) mass is 638 g/mol. The summed E-state index contributed by atoms with van der Waals surface area (Å²) >= 11 is 0.